The zero-order valence-corrected chi connectivity index (χ0v) is 44.9. The van der Waals surface area contributed by atoms with E-state index < -0.39 is 40.4 Å². The van der Waals surface area contributed by atoms with E-state index >= 15 is 0 Å². The minimum Gasteiger partial charge on any atom is -0.484 e. The van der Waals surface area contributed by atoms with Crippen molar-refractivity contribution in [1.29, 1.82) is 0 Å². The highest BCUT2D eigenvalue weighted by molar-refractivity contribution is 7.86. The van der Waals surface area contributed by atoms with E-state index in [1.807, 2.05) is 56.7 Å². The second-order valence-corrected chi connectivity index (χ2v) is 20.3. The van der Waals surface area contributed by atoms with E-state index in [9.17, 15) is 37.0 Å². The van der Waals surface area contributed by atoms with Gasteiger partial charge >= 0.3 is 0 Å². The first-order chi connectivity index (χ1) is 36.5. The van der Waals surface area contributed by atoms with Crippen molar-refractivity contribution in [2.45, 2.75) is 90.0 Å². The summed E-state index contributed by atoms with van der Waals surface area (Å²) in [5, 5.41) is 12.3. The lowest BCUT2D eigenvalue weighted by Gasteiger charge is -2.35. The molecule has 3 aromatic heterocycles. The average Bonchev–Trinajstić information content (AvgIpc) is 4.05. The van der Waals surface area contributed by atoms with Crippen molar-refractivity contribution in [1.82, 2.24) is 44.6 Å². The van der Waals surface area contributed by atoms with Gasteiger partial charge in [-0.1, -0.05) is 38.1 Å². The first-order valence-corrected chi connectivity index (χ1v) is 26.5. The number of rotatable bonds is 14. The highest BCUT2D eigenvalue weighted by Gasteiger charge is 2.36. The number of carbonyl (C=O) groups is 5. The monoisotopic (exact) mass is 1060 g/mol. The quantitative estimate of drug-likeness (QED) is 0.0758. The Labute approximate surface area is 443 Å². The fraction of sp³-hybridized carbons (Fsp3) is 0.407. The summed E-state index contributed by atoms with van der Waals surface area (Å²) >= 11 is 0. The maximum atomic E-state index is 13.9. The number of piperazine rings is 1. The zero-order valence-electron chi connectivity index (χ0n) is 44.0. The number of halogens is 2. The Kier molecular flexibility index (Phi) is 18.5. The number of pyridine rings is 1. The maximum absolute atomic E-state index is 13.9. The van der Waals surface area contributed by atoms with Crippen molar-refractivity contribution in [2.75, 3.05) is 62.2 Å². The van der Waals surface area contributed by atoms with Gasteiger partial charge < -0.3 is 25.1 Å². The molecule has 3 aromatic carbocycles. The molecule has 19 nitrogen and oxygen atoms in total. The van der Waals surface area contributed by atoms with Crippen molar-refractivity contribution in [3.63, 3.8) is 0 Å². The Morgan fingerprint density at radius 3 is 2.36 bits per heavy atom. The standard InChI is InChI=1S/C33H36F2N8O3S.C19H24N4O4.C2H6/c1-19(21-5-8-24(35)9-6-21)46-29-13-22(7-12-28(29)40-47(45)20(2)34)31-30-32(42(4)39-31)27(15-37-33(30)36)23-14-38-43(16-23)25-10-11-26(18-44)41(3)17-25;1-13-14(4-3-5-15(13)22-10-8-21(2)9-11-22)19(27)23(12-24)16-6-7-17(25)20-18(16)26;1-2/h5-9,12-16,18-20,25-26,40H,10-11,17H2,1-4H3,(H2,36,37);3-5,12,16H,6-11H2,1-2H3,(H,20,25,26);1-2H3. The Hall–Kier alpha value is -7.43. The molecular weight excluding hydrogens is 999 g/mol. The highest BCUT2D eigenvalue weighted by atomic mass is 32.2. The number of nitrogens with zero attached hydrogens (tertiary/aromatic N) is 9. The maximum Gasteiger partial charge on any atom is 0.261 e. The van der Waals surface area contributed by atoms with Gasteiger partial charge in [0.05, 0.1) is 34.9 Å². The van der Waals surface area contributed by atoms with Gasteiger partial charge in [0.2, 0.25) is 18.2 Å². The number of anilines is 3. The summed E-state index contributed by atoms with van der Waals surface area (Å²) < 4.78 is 52.5. The molecule has 6 heterocycles. The number of hydrogen-bond donors (Lipinski definition) is 3. The molecular formula is C54H66F2N12O7S. The molecule has 4 amide bonds. The Morgan fingerprint density at radius 2 is 1.70 bits per heavy atom. The van der Waals surface area contributed by atoms with E-state index in [1.165, 1.54) is 19.1 Å². The number of aryl methyl sites for hydroxylation is 1. The van der Waals surface area contributed by atoms with Crippen LogP contribution in [0.25, 0.3) is 33.3 Å². The number of fused-ring (bicyclic) bond motifs is 1. The lowest BCUT2D eigenvalue weighted by Crippen LogP contribution is -2.54. The van der Waals surface area contributed by atoms with Gasteiger partial charge in [-0.2, -0.15) is 10.2 Å². The van der Waals surface area contributed by atoms with Crippen molar-refractivity contribution >= 4 is 69.5 Å². The Morgan fingerprint density at radius 1 is 0.974 bits per heavy atom. The van der Waals surface area contributed by atoms with Gasteiger partial charge in [0.1, 0.15) is 41.5 Å². The van der Waals surface area contributed by atoms with Crippen LogP contribution in [0.1, 0.15) is 87.0 Å². The van der Waals surface area contributed by atoms with Crippen LogP contribution in [-0.4, -0.2) is 138 Å². The molecule has 76 heavy (non-hydrogen) atoms. The molecule has 4 N–H and O–H groups in total. The van der Waals surface area contributed by atoms with Gasteiger partial charge in [0.15, 0.2) is 16.5 Å². The van der Waals surface area contributed by atoms with Crippen LogP contribution in [-0.2, 0) is 37.2 Å². The molecule has 3 aliphatic rings. The van der Waals surface area contributed by atoms with Crippen LogP contribution in [0.5, 0.6) is 5.75 Å². The number of amides is 4. The average molecular weight is 1070 g/mol. The minimum absolute atomic E-state index is 0.0774. The zero-order chi connectivity index (χ0) is 55.0. The van der Waals surface area contributed by atoms with Crippen LogP contribution < -0.4 is 25.4 Å². The molecule has 404 valence electrons. The molecule has 6 unspecified atom stereocenters. The summed E-state index contributed by atoms with van der Waals surface area (Å²) in [5.74, 6) is -1.31. The molecule has 3 fully saturated rings. The lowest BCUT2D eigenvalue weighted by molar-refractivity contribution is -0.139. The molecule has 0 radical (unpaired) electrons. The summed E-state index contributed by atoms with van der Waals surface area (Å²) in [6.45, 7) is 13.2. The summed E-state index contributed by atoms with van der Waals surface area (Å²) in [7, 11) is 3.83. The number of carbonyl (C=O) groups excluding carboxylic acids is 5. The third kappa shape index (κ3) is 12.5. The number of hydrogen-bond acceptors (Lipinski definition) is 14. The summed E-state index contributed by atoms with van der Waals surface area (Å²) in [6, 6.07) is 15.6. The van der Waals surface area contributed by atoms with E-state index in [0.717, 1.165) is 78.1 Å². The third-order valence-electron chi connectivity index (χ3n) is 13.9. The fourth-order valence-electron chi connectivity index (χ4n) is 9.58. The van der Waals surface area contributed by atoms with E-state index in [2.05, 4.69) is 37.0 Å². The van der Waals surface area contributed by atoms with E-state index in [1.54, 1.807) is 66.5 Å². The molecule has 0 aliphatic carbocycles. The minimum atomic E-state index is -2.02. The van der Waals surface area contributed by atoms with Gasteiger partial charge in [0, 0.05) is 86.5 Å². The highest BCUT2D eigenvalue weighted by Crippen LogP contribution is 2.41. The van der Waals surface area contributed by atoms with Crippen LogP contribution in [0.3, 0.4) is 0 Å². The molecule has 0 bridgehead atoms. The van der Waals surface area contributed by atoms with Crippen LogP contribution in [0.15, 0.2) is 79.3 Å². The van der Waals surface area contributed by atoms with Gasteiger partial charge in [-0.05, 0) is 102 Å². The van der Waals surface area contributed by atoms with Gasteiger partial charge in [0.25, 0.3) is 5.91 Å². The number of aldehydes is 1. The lowest BCUT2D eigenvalue weighted by atomic mass is 10.00. The van der Waals surface area contributed by atoms with Crippen LogP contribution in [0.4, 0.5) is 26.0 Å². The van der Waals surface area contributed by atoms with Crippen molar-refractivity contribution < 1.29 is 41.7 Å². The van der Waals surface area contributed by atoms with Crippen LogP contribution in [0.2, 0.25) is 0 Å². The number of nitrogens with one attached hydrogen (secondary N) is 2. The molecule has 3 saturated heterocycles. The summed E-state index contributed by atoms with van der Waals surface area (Å²) in [4.78, 5) is 71.3. The van der Waals surface area contributed by atoms with Crippen molar-refractivity contribution in [2.24, 2.45) is 7.05 Å². The predicted octanol–water partition coefficient (Wildman–Crippen LogP) is 6.76. The van der Waals surface area contributed by atoms with Crippen LogP contribution in [0, 0.1) is 12.7 Å². The summed E-state index contributed by atoms with van der Waals surface area (Å²) in [6.07, 6.45) is 8.19. The summed E-state index contributed by atoms with van der Waals surface area (Å²) in [5.41, 5.74) is 11.6. The fourth-order valence-corrected chi connectivity index (χ4v) is 10.1. The molecule has 22 heteroatoms. The number of aromatic nitrogens is 5. The third-order valence-corrected chi connectivity index (χ3v) is 14.9. The molecule has 9 rings (SSSR count). The smallest absolute Gasteiger partial charge is 0.261 e. The number of piperidine rings is 2. The molecule has 0 saturated carbocycles. The Bertz CT molecular complexity index is 3090. The predicted molar refractivity (Wildman–Crippen MR) is 289 cm³/mol. The first-order valence-electron chi connectivity index (χ1n) is 25.3. The number of nitrogen functional groups attached to an aromatic ring is 1. The molecule has 0 spiro atoms. The van der Waals surface area contributed by atoms with Gasteiger partial charge in [-0.3, -0.25) is 48.4 Å². The van der Waals surface area contributed by atoms with Crippen molar-refractivity contribution in [3.8, 4) is 28.1 Å². The number of nitrogens with two attached hydrogens (primary N) is 1. The normalized spacial score (nSPS) is 19.2. The second kappa shape index (κ2) is 24.9. The number of imide groups is 2. The molecule has 3 aliphatic heterocycles. The van der Waals surface area contributed by atoms with Crippen LogP contribution >= 0.6 is 0 Å². The number of benzene rings is 3. The second-order valence-electron chi connectivity index (χ2n) is 18.8. The van der Waals surface area contributed by atoms with E-state index in [-0.39, 0.29) is 42.5 Å². The van der Waals surface area contributed by atoms with E-state index in [0.29, 0.717) is 52.2 Å². The topological polar surface area (TPSA) is 223 Å². The van der Waals surface area contributed by atoms with Gasteiger partial charge in [-0.25, -0.2) is 18.0 Å². The molecule has 6 atom stereocenters. The first kappa shape index (κ1) is 56.3. The largest absolute Gasteiger partial charge is 0.484 e. The molecule has 6 aromatic rings. The Balaban J connectivity index is 0.000000246. The number of alkyl halides is 1. The van der Waals surface area contributed by atoms with E-state index in [4.69, 9.17) is 15.6 Å². The number of ether oxygens (including phenoxy) is 1. The van der Waals surface area contributed by atoms with Gasteiger partial charge in [-0.15, -0.1) is 0 Å². The number of likely N-dealkylation sites (tertiary alicyclic amines) is 1. The number of likely N-dealkylation sites (N-methyl/N-ethyl adjacent to an activating group) is 2. The SMILES string of the molecule is CC.CC(Oc1cc(-c2nn(C)c3c(-c4cnn(C5CCC(C=O)N(C)C5)c4)cnc(N)c23)ccc1NS(=O)C(C)F)c1ccc(F)cc1.Cc1c(C(=O)N(C=O)C2CCC(=O)NC2=O)cccc1N1CCN(C)CC1. The van der Waals surface area contributed by atoms with Crippen molar-refractivity contribution in [3.05, 3.63) is 102 Å².